The highest BCUT2D eigenvalue weighted by atomic mass is 16.5. The van der Waals surface area contributed by atoms with Crippen molar-refractivity contribution in [2.75, 3.05) is 12.3 Å². The van der Waals surface area contributed by atoms with Crippen molar-refractivity contribution in [3.05, 3.63) is 60.3 Å². The van der Waals surface area contributed by atoms with Gasteiger partial charge in [0.25, 0.3) is 0 Å². The van der Waals surface area contributed by atoms with Crippen molar-refractivity contribution in [1.29, 1.82) is 0 Å². The van der Waals surface area contributed by atoms with Gasteiger partial charge in [-0.2, -0.15) is 0 Å². The maximum Gasteiger partial charge on any atom is 0.142 e. The molecule has 0 atom stereocenters. The molecule has 1 heterocycles. The van der Waals surface area contributed by atoms with Crippen molar-refractivity contribution in [1.82, 2.24) is 4.57 Å². The summed E-state index contributed by atoms with van der Waals surface area (Å²) in [5, 5.41) is 1.27. The van der Waals surface area contributed by atoms with Gasteiger partial charge in [-0.05, 0) is 36.6 Å². The molecule has 0 fully saturated rings. The summed E-state index contributed by atoms with van der Waals surface area (Å²) in [6.45, 7) is 3.54. The zero-order valence-corrected chi connectivity index (χ0v) is 11.5. The van der Waals surface area contributed by atoms with Crippen LogP contribution in [0, 0.1) is 6.92 Å². The van der Waals surface area contributed by atoms with Gasteiger partial charge in [-0.15, -0.1) is 0 Å². The largest absolute Gasteiger partial charge is 0.490 e. The standard InChI is InChI=1S/C17H18N2O/c1-13-12-14-6-2-4-8-16(14)19(13)10-11-20-17-9-5-3-7-15(17)18/h2-9,12H,10-11,18H2,1H3. The van der Waals surface area contributed by atoms with E-state index in [-0.39, 0.29) is 0 Å². The lowest BCUT2D eigenvalue weighted by atomic mass is 10.2. The number of anilines is 1. The Kier molecular flexibility index (Phi) is 3.33. The van der Waals surface area contributed by atoms with Gasteiger partial charge in [0.1, 0.15) is 12.4 Å². The first kappa shape index (κ1) is 12.6. The number of nitrogens with two attached hydrogens (primary N) is 1. The number of rotatable bonds is 4. The third-order valence-corrected chi connectivity index (χ3v) is 3.51. The van der Waals surface area contributed by atoms with E-state index in [0.29, 0.717) is 12.3 Å². The number of hydrogen-bond acceptors (Lipinski definition) is 2. The summed E-state index contributed by atoms with van der Waals surface area (Å²) in [6.07, 6.45) is 0. The number of benzene rings is 2. The molecule has 0 unspecified atom stereocenters. The molecule has 0 spiro atoms. The van der Waals surface area contributed by atoms with Crippen molar-refractivity contribution in [3.63, 3.8) is 0 Å². The minimum Gasteiger partial charge on any atom is -0.490 e. The van der Waals surface area contributed by atoms with Gasteiger partial charge in [-0.1, -0.05) is 30.3 Å². The van der Waals surface area contributed by atoms with Crippen molar-refractivity contribution in [2.24, 2.45) is 0 Å². The van der Waals surface area contributed by atoms with Gasteiger partial charge in [-0.3, -0.25) is 0 Å². The van der Waals surface area contributed by atoms with Gasteiger partial charge in [0.05, 0.1) is 12.2 Å². The molecular weight excluding hydrogens is 248 g/mol. The summed E-state index contributed by atoms with van der Waals surface area (Å²) in [4.78, 5) is 0. The van der Waals surface area contributed by atoms with E-state index in [0.717, 1.165) is 12.3 Å². The first-order chi connectivity index (χ1) is 9.75. The lowest BCUT2D eigenvalue weighted by Gasteiger charge is -2.11. The van der Waals surface area contributed by atoms with Crippen LogP contribution in [0.2, 0.25) is 0 Å². The van der Waals surface area contributed by atoms with E-state index >= 15 is 0 Å². The number of nitrogens with zero attached hydrogens (tertiary/aromatic N) is 1. The summed E-state index contributed by atoms with van der Waals surface area (Å²) >= 11 is 0. The molecule has 20 heavy (non-hydrogen) atoms. The van der Waals surface area contributed by atoms with Crippen LogP contribution in [0.4, 0.5) is 5.69 Å². The molecule has 0 radical (unpaired) electrons. The lowest BCUT2D eigenvalue weighted by molar-refractivity contribution is 0.301. The van der Waals surface area contributed by atoms with Crippen LogP contribution in [0.25, 0.3) is 10.9 Å². The van der Waals surface area contributed by atoms with E-state index in [4.69, 9.17) is 10.5 Å². The van der Waals surface area contributed by atoms with Crippen LogP contribution in [0.15, 0.2) is 54.6 Å². The molecule has 2 aromatic carbocycles. The Morgan fingerprint density at radius 3 is 2.65 bits per heavy atom. The number of aryl methyl sites for hydroxylation is 1. The fraction of sp³-hybridized carbons (Fsp3) is 0.176. The fourth-order valence-corrected chi connectivity index (χ4v) is 2.50. The number of fused-ring (bicyclic) bond motifs is 1. The lowest BCUT2D eigenvalue weighted by Crippen LogP contribution is -2.09. The van der Waals surface area contributed by atoms with Crippen LogP contribution >= 0.6 is 0 Å². The van der Waals surface area contributed by atoms with Crippen LogP contribution in [0.5, 0.6) is 5.75 Å². The van der Waals surface area contributed by atoms with Crippen molar-refractivity contribution >= 4 is 16.6 Å². The maximum atomic E-state index is 5.87. The summed E-state index contributed by atoms with van der Waals surface area (Å²) in [5.74, 6) is 0.751. The average Bonchev–Trinajstić information content (AvgIpc) is 2.77. The second-order valence-corrected chi connectivity index (χ2v) is 4.88. The first-order valence-corrected chi connectivity index (χ1v) is 6.78. The molecule has 0 saturated heterocycles. The van der Waals surface area contributed by atoms with Crippen molar-refractivity contribution < 1.29 is 4.74 Å². The molecule has 0 bridgehead atoms. The highest BCUT2D eigenvalue weighted by molar-refractivity contribution is 5.81. The molecule has 0 saturated carbocycles. The maximum absolute atomic E-state index is 5.87. The molecule has 3 aromatic rings. The molecule has 0 aliphatic rings. The summed E-state index contributed by atoms with van der Waals surface area (Å²) in [6, 6.07) is 18.2. The van der Waals surface area contributed by atoms with Gasteiger partial charge in [-0.25, -0.2) is 0 Å². The zero-order chi connectivity index (χ0) is 13.9. The van der Waals surface area contributed by atoms with Gasteiger partial charge in [0, 0.05) is 11.2 Å². The van der Waals surface area contributed by atoms with E-state index < -0.39 is 0 Å². The van der Waals surface area contributed by atoms with Gasteiger partial charge in [0.15, 0.2) is 0 Å². The van der Waals surface area contributed by atoms with Gasteiger partial charge >= 0.3 is 0 Å². The smallest absolute Gasteiger partial charge is 0.142 e. The molecule has 3 nitrogen and oxygen atoms in total. The molecule has 3 rings (SSSR count). The minimum atomic E-state index is 0.605. The second-order valence-electron chi connectivity index (χ2n) is 4.88. The molecule has 102 valence electrons. The SMILES string of the molecule is Cc1cc2ccccc2n1CCOc1ccccc1N. The van der Waals surface area contributed by atoms with Crippen LogP contribution in [0.1, 0.15) is 5.69 Å². The average molecular weight is 266 g/mol. The normalized spacial score (nSPS) is 10.8. The van der Waals surface area contributed by atoms with Gasteiger partial charge < -0.3 is 15.0 Å². The predicted molar refractivity (Wildman–Crippen MR) is 83.0 cm³/mol. The molecule has 3 heteroatoms. The Hall–Kier alpha value is -2.42. The first-order valence-electron chi connectivity index (χ1n) is 6.78. The van der Waals surface area contributed by atoms with Crippen LogP contribution in [0.3, 0.4) is 0 Å². The van der Waals surface area contributed by atoms with E-state index in [9.17, 15) is 0 Å². The van der Waals surface area contributed by atoms with E-state index in [1.165, 1.54) is 16.6 Å². The Morgan fingerprint density at radius 1 is 1.05 bits per heavy atom. The van der Waals surface area contributed by atoms with Crippen LogP contribution in [-0.4, -0.2) is 11.2 Å². The fourth-order valence-electron chi connectivity index (χ4n) is 2.50. The number of aromatic nitrogens is 1. The molecule has 2 N–H and O–H groups in total. The van der Waals surface area contributed by atoms with Crippen LogP contribution < -0.4 is 10.5 Å². The minimum absolute atomic E-state index is 0.605. The third-order valence-electron chi connectivity index (χ3n) is 3.51. The highest BCUT2D eigenvalue weighted by Gasteiger charge is 2.05. The van der Waals surface area contributed by atoms with Crippen LogP contribution in [-0.2, 0) is 6.54 Å². The second kappa shape index (κ2) is 5.29. The van der Waals surface area contributed by atoms with Gasteiger partial charge in [0.2, 0.25) is 0 Å². The van der Waals surface area contributed by atoms with E-state index in [2.05, 4.69) is 41.8 Å². The molecule has 0 aliphatic heterocycles. The summed E-state index contributed by atoms with van der Waals surface area (Å²) in [5.41, 5.74) is 9.04. The Labute approximate surface area is 118 Å². The number of ether oxygens (including phenoxy) is 1. The number of para-hydroxylation sites is 3. The Balaban J connectivity index is 1.74. The van der Waals surface area contributed by atoms with Crippen molar-refractivity contribution in [2.45, 2.75) is 13.5 Å². The monoisotopic (exact) mass is 266 g/mol. The number of nitrogen functional groups attached to an aromatic ring is 1. The molecular formula is C17H18N2O. The third kappa shape index (κ3) is 2.35. The Morgan fingerprint density at radius 2 is 1.80 bits per heavy atom. The van der Waals surface area contributed by atoms with E-state index in [1.807, 2.05) is 24.3 Å². The predicted octanol–water partition coefficient (Wildman–Crippen LogP) is 3.61. The summed E-state index contributed by atoms with van der Waals surface area (Å²) in [7, 11) is 0. The van der Waals surface area contributed by atoms with Crippen molar-refractivity contribution in [3.8, 4) is 5.75 Å². The molecule has 0 aliphatic carbocycles. The van der Waals surface area contributed by atoms with E-state index in [1.54, 1.807) is 0 Å². The molecule has 0 amide bonds. The summed E-state index contributed by atoms with van der Waals surface area (Å²) < 4.78 is 8.04. The highest BCUT2D eigenvalue weighted by Crippen LogP contribution is 2.21. The molecule has 1 aromatic heterocycles. The quantitative estimate of drug-likeness (QED) is 0.733. The number of hydrogen-bond donors (Lipinski definition) is 1. The Bertz CT molecular complexity index is 731. The zero-order valence-electron chi connectivity index (χ0n) is 11.5. The topological polar surface area (TPSA) is 40.2 Å².